The van der Waals surface area contributed by atoms with E-state index >= 15 is 0 Å². The first-order valence-corrected chi connectivity index (χ1v) is 12.1. The van der Waals surface area contributed by atoms with Crippen LogP contribution in [0.3, 0.4) is 0 Å². The third-order valence-electron chi connectivity index (χ3n) is 6.19. The van der Waals surface area contributed by atoms with E-state index in [-0.39, 0.29) is 11.3 Å². The molecule has 1 fully saturated rings. The molecule has 2 aromatic carbocycles. The van der Waals surface area contributed by atoms with E-state index in [4.69, 9.17) is 14.2 Å². The van der Waals surface area contributed by atoms with Gasteiger partial charge >= 0.3 is 0 Å². The maximum atomic E-state index is 13.2. The Hall–Kier alpha value is -3.32. The second-order valence-electron chi connectivity index (χ2n) is 8.64. The van der Waals surface area contributed by atoms with E-state index in [0.29, 0.717) is 37.5 Å². The minimum atomic E-state index is -0.706. The van der Waals surface area contributed by atoms with E-state index in [0.717, 1.165) is 36.1 Å². The van der Waals surface area contributed by atoms with Crippen LogP contribution in [-0.2, 0) is 14.3 Å². The minimum Gasteiger partial charge on any atom is -0.507 e. The number of rotatable bonds is 12. The highest BCUT2D eigenvalue weighted by molar-refractivity contribution is 6.46. The van der Waals surface area contributed by atoms with E-state index < -0.39 is 17.7 Å². The predicted molar refractivity (Wildman–Crippen MR) is 135 cm³/mol. The largest absolute Gasteiger partial charge is 0.507 e. The third kappa shape index (κ3) is 6.03. The maximum absolute atomic E-state index is 13.2. The fraction of sp³-hybridized carbons (Fsp3) is 0.429. The average Bonchev–Trinajstić information content (AvgIpc) is 3.11. The van der Waals surface area contributed by atoms with Crippen LogP contribution in [0.2, 0.25) is 0 Å². The number of unbranched alkanes of at least 4 members (excludes halogenated alkanes) is 2. The summed E-state index contributed by atoms with van der Waals surface area (Å²) in [4.78, 5) is 27.7. The SMILES string of the molecule is CCCCCOc1ccc(C2/C(=C(\O)c3ccc(OC)cc3C)C(=O)C(=O)N2CCCOC)cc1. The lowest BCUT2D eigenvalue weighted by atomic mass is 9.93. The van der Waals surface area contributed by atoms with Crippen molar-refractivity contribution in [2.75, 3.05) is 34.0 Å². The Morgan fingerprint density at radius 1 is 0.971 bits per heavy atom. The Balaban J connectivity index is 2.00. The van der Waals surface area contributed by atoms with Crippen molar-refractivity contribution in [3.05, 3.63) is 64.7 Å². The van der Waals surface area contributed by atoms with Crippen LogP contribution in [-0.4, -0.2) is 55.7 Å². The molecule has 7 heteroatoms. The molecule has 0 radical (unpaired) electrons. The highest BCUT2D eigenvalue weighted by Gasteiger charge is 2.45. The molecule has 0 aromatic heterocycles. The molecule has 1 aliphatic heterocycles. The second-order valence-corrected chi connectivity index (χ2v) is 8.64. The number of ether oxygens (including phenoxy) is 3. The third-order valence-corrected chi connectivity index (χ3v) is 6.19. The molecule has 1 unspecified atom stereocenters. The highest BCUT2D eigenvalue weighted by Crippen LogP contribution is 2.40. The number of aryl methyl sites for hydroxylation is 1. The van der Waals surface area contributed by atoms with Gasteiger partial charge in [-0.15, -0.1) is 0 Å². The number of ketones is 1. The van der Waals surface area contributed by atoms with Crippen molar-refractivity contribution in [2.45, 2.75) is 45.6 Å². The van der Waals surface area contributed by atoms with Crippen molar-refractivity contribution >= 4 is 17.4 Å². The van der Waals surface area contributed by atoms with E-state index in [1.54, 1.807) is 32.4 Å². The van der Waals surface area contributed by atoms with Gasteiger partial charge in [-0.2, -0.15) is 0 Å². The lowest BCUT2D eigenvalue weighted by Crippen LogP contribution is -2.31. The van der Waals surface area contributed by atoms with Gasteiger partial charge in [-0.1, -0.05) is 31.9 Å². The highest BCUT2D eigenvalue weighted by atomic mass is 16.5. The summed E-state index contributed by atoms with van der Waals surface area (Å²) in [5.41, 5.74) is 2.04. The van der Waals surface area contributed by atoms with Crippen LogP contribution < -0.4 is 9.47 Å². The average molecular weight is 482 g/mol. The Bertz CT molecular complexity index is 1060. The van der Waals surface area contributed by atoms with Crippen LogP contribution in [0.1, 0.15) is 55.3 Å². The summed E-state index contributed by atoms with van der Waals surface area (Å²) >= 11 is 0. The van der Waals surface area contributed by atoms with Crippen molar-refractivity contribution < 1.29 is 28.9 Å². The molecular formula is C28H35NO6. The lowest BCUT2D eigenvalue weighted by molar-refractivity contribution is -0.140. The number of carbonyl (C=O) groups is 2. The molecule has 1 aliphatic rings. The zero-order chi connectivity index (χ0) is 25.4. The fourth-order valence-corrected chi connectivity index (χ4v) is 4.30. The normalized spacial score (nSPS) is 17.1. The molecule has 188 valence electrons. The van der Waals surface area contributed by atoms with Gasteiger partial charge in [-0.05, 0) is 61.2 Å². The number of carbonyl (C=O) groups excluding carboxylic acids is 2. The van der Waals surface area contributed by atoms with Crippen molar-refractivity contribution in [1.82, 2.24) is 4.90 Å². The first kappa shape index (κ1) is 26.3. The number of aliphatic hydroxyl groups excluding tert-OH is 1. The Morgan fingerprint density at radius 3 is 2.31 bits per heavy atom. The number of likely N-dealkylation sites (tertiary alicyclic amines) is 1. The van der Waals surface area contributed by atoms with E-state index in [1.807, 2.05) is 31.2 Å². The van der Waals surface area contributed by atoms with Crippen LogP contribution in [0.4, 0.5) is 0 Å². The molecule has 0 bridgehead atoms. The molecule has 1 heterocycles. The number of nitrogens with zero attached hydrogens (tertiary/aromatic N) is 1. The zero-order valence-electron chi connectivity index (χ0n) is 21.0. The molecule has 7 nitrogen and oxygen atoms in total. The maximum Gasteiger partial charge on any atom is 0.295 e. The number of amides is 1. The molecule has 1 amide bonds. The first-order chi connectivity index (χ1) is 16.9. The van der Waals surface area contributed by atoms with Crippen LogP contribution in [0.5, 0.6) is 11.5 Å². The molecule has 1 N–H and O–H groups in total. The van der Waals surface area contributed by atoms with Gasteiger partial charge in [0.05, 0.1) is 25.3 Å². The van der Waals surface area contributed by atoms with Crippen molar-refractivity contribution in [2.24, 2.45) is 0 Å². The van der Waals surface area contributed by atoms with Gasteiger partial charge in [0.2, 0.25) is 0 Å². The number of hydrogen-bond donors (Lipinski definition) is 1. The summed E-state index contributed by atoms with van der Waals surface area (Å²) in [6, 6.07) is 11.9. The summed E-state index contributed by atoms with van der Waals surface area (Å²) in [6.45, 7) is 5.39. The summed E-state index contributed by atoms with van der Waals surface area (Å²) in [7, 11) is 3.16. The van der Waals surface area contributed by atoms with Gasteiger partial charge in [-0.3, -0.25) is 9.59 Å². The molecule has 3 rings (SSSR count). The molecular weight excluding hydrogens is 446 g/mol. The fourth-order valence-electron chi connectivity index (χ4n) is 4.30. The van der Waals surface area contributed by atoms with Gasteiger partial charge in [0, 0.05) is 25.8 Å². The molecule has 2 aromatic rings. The van der Waals surface area contributed by atoms with Crippen LogP contribution >= 0.6 is 0 Å². The summed E-state index contributed by atoms with van der Waals surface area (Å²) in [5, 5.41) is 11.3. The number of aliphatic hydroxyl groups is 1. The molecule has 0 saturated carbocycles. The molecule has 0 spiro atoms. The minimum absolute atomic E-state index is 0.0808. The van der Waals surface area contributed by atoms with E-state index in [2.05, 4.69) is 6.92 Å². The monoisotopic (exact) mass is 481 g/mol. The Labute approximate surface area is 207 Å². The predicted octanol–water partition coefficient (Wildman–Crippen LogP) is 5.03. The van der Waals surface area contributed by atoms with Crippen molar-refractivity contribution in [3.63, 3.8) is 0 Å². The topological polar surface area (TPSA) is 85.3 Å². The van der Waals surface area contributed by atoms with Gasteiger partial charge in [0.15, 0.2) is 0 Å². The quantitative estimate of drug-likeness (QED) is 0.198. The number of Topliss-reactive ketones (excluding diaryl/α,β-unsaturated/α-hetero) is 1. The van der Waals surface area contributed by atoms with Gasteiger partial charge in [-0.25, -0.2) is 0 Å². The molecule has 1 saturated heterocycles. The summed E-state index contributed by atoms with van der Waals surface area (Å²) in [6.07, 6.45) is 3.79. The first-order valence-electron chi connectivity index (χ1n) is 12.1. The smallest absolute Gasteiger partial charge is 0.295 e. The zero-order valence-corrected chi connectivity index (χ0v) is 21.0. The molecule has 0 aliphatic carbocycles. The van der Waals surface area contributed by atoms with E-state index in [1.165, 1.54) is 4.90 Å². The van der Waals surface area contributed by atoms with Crippen LogP contribution in [0.15, 0.2) is 48.0 Å². The van der Waals surface area contributed by atoms with Crippen LogP contribution in [0.25, 0.3) is 5.76 Å². The number of hydrogen-bond acceptors (Lipinski definition) is 6. The lowest BCUT2D eigenvalue weighted by Gasteiger charge is -2.25. The molecule has 1 atom stereocenters. The molecule has 35 heavy (non-hydrogen) atoms. The van der Waals surface area contributed by atoms with Crippen molar-refractivity contribution in [1.29, 1.82) is 0 Å². The van der Waals surface area contributed by atoms with Gasteiger partial charge < -0.3 is 24.2 Å². The number of benzene rings is 2. The second kappa shape index (κ2) is 12.4. The van der Waals surface area contributed by atoms with E-state index in [9.17, 15) is 14.7 Å². The number of methoxy groups -OCH3 is 2. The van der Waals surface area contributed by atoms with Crippen molar-refractivity contribution in [3.8, 4) is 11.5 Å². The Kier molecular flexibility index (Phi) is 9.32. The standard InChI is InChI=1S/C28H35NO6/c1-5-6-7-17-35-21-11-9-20(10-12-21)25-24(27(31)28(32)29(25)15-8-16-33-3)26(30)23-14-13-22(34-4)18-19(23)2/h9-14,18,25,30H,5-8,15-17H2,1-4H3/b26-24+. The van der Waals surface area contributed by atoms with Gasteiger partial charge in [0.1, 0.15) is 17.3 Å². The van der Waals surface area contributed by atoms with Gasteiger partial charge in [0.25, 0.3) is 11.7 Å². The summed E-state index contributed by atoms with van der Waals surface area (Å²) < 4.78 is 16.2. The Morgan fingerprint density at radius 2 is 1.69 bits per heavy atom. The van der Waals surface area contributed by atoms with Crippen LogP contribution in [0, 0.1) is 6.92 Å². The summed E-state index contributed by atoms with van der Waals surface area (Å²) in [5.74, 6) is -0.140.